The third-order valence-corrected chi connectivity index (χ3v) is 6.84. The Kier molecular flexibility index (Phi) is 5.56. The summed E-state index contributed by atoms with van der Waals surface area (Å²) in [7, 11) is 0. The van der Waals surface area contributed by atoms with Crippen molar-refractivity contribution < 1.29 is 9.72 Å². The number of nitro benzene ring substituents is 1. The van der Waals surface area contributed by atoms with Crippen molar-refractivity contribution in [1.82, 2.24) is 4.90 Å². The molecule has 33 heavy (non-hydrogen) atoms. The molecule has 1 saturated heterocycles. The molecule has 2 atom stereocenters. The van der Waals surface area contributed by atoms with E-state index in [1.54, 1.807) is 23.1 Å². The monoisotopic (exact) mass is 443 g/mol. The smallest absolute Gasteiger partial charge is 0.269 e. The number of hydrogen-bond donors (Lipinski definition) is 0. The van der Waals surface area contributed by atoms with Gasteiger partial charge in [0.25, 0.3) is 11.6 Å². The number of nitrogens with zero attached hydrogens (tertiary/aromatic N) is 5. The Morgan fingerprint density at radius 3 is 2.48 bits per heavy atom. The van der Waals surface area contributed by atoms with Crippen molar-refractivity contribution in [2.75, 3.05) is 36.0 Å². The molecule has 0 N–H and O–H groups in total. The topological polar surface area (TPSA) is 93.7 Å². The number of hydrogen-bond acceptors (Lipinski definition) is 6. The predicted octanol–water partition coefficient (Wildman–Crippen LogP) is 3.81. The maximum absolute atomic E-state index is 13.3. The van der Waals surface area contributed by atoms with Crippen LogP contribution in [0.15, 0.2) is 60.2 Å². The second-order valence-electron chi connectivity index (χ2n) is 8.73. The zero-order valence-electron chi connectivity index (χ0n) is 18.3. The molecule has 168 valence electrons. The number of likely N-dealkylation sites (tertiary alicyclic amines) is 1. The minimum atomic E-state index is -0.460. The fraction of sp³-hybridized carbons (Fsp3) is 0.360. The molecule has 0 aliphatic carbocycles. The summed E-state index contributed by atoms with van der Waals surface area (Å²) in [5, 5.41) is 20.8. The molecule has 0 bridgehead atoms. The number of carbonyl (C=O) groups excluding carboxylic acids is 1. The summed E-state index contributed by atoms with van der Waals surface area (Å²) in [5.74, 6) is -0.374. The van der Waals surface area contributed by atoms with Gasteiger partial charge in [-0.15, -0.1) is 0 Å². The standard InChI is InChI=1S/C25H25N5O3/c26-17-18-16-23-24(29(25(18)31)19-8-10-20(11-9-19)30(32)33)21-6-1-2-7-22(21)28(23)15-5-14-27-12-3-4-13-27/h1-2,6-11,16,23-24H,3-5,12-15H2. The lowest BCUT2D eigenvalue weighted by molar-refractivity contribution is -0.384. The molecular formula is C25H25N5O3. The van der Waals surface area contributed by atoms with Crippen LogP contribution in [-0.2, 0) is 4.79 Å². The minimum Gasteiger partial charge on any atom is -0.362 e. The van der Waals surface area contributed by atoms with Gasteiger partial charge in [-0.3, -0.25) is 19.8 Å². The number of anilines is 2. The molecule has 2 aromatic carbocycles. The fourth-order valence-corrected chi connectivity index (χ4v) is 5.32. The number of carbonyl (C=O) groups is 1. The van der Waals surface area contributed by atoms with E-state index >= 15 is 0 Å². The molecule has 2 aromatic rings. The molecule has 2 unspecified atom stereocenters. The highest BCUT2D eigenvalue weighted by atomic mass is 16.6. The molecule has 1 amide bonds. The third-order valence-electron chi connectivity index (χ3n) is 6.84. The number of non-ortho nitro benzene ring substituents is 1. The van der Waals surface area contributed by atoms with E-state index in [1.165, 1.54) is 25.0 Å². The number of nitriles is 1. The summed E-state index contributed by atoms with van der Waals surface area (Å²) in [6.07, 6.45) is 5.32. The quantitative estimate of drug-likeness (QED) is 0.498. The van der Waals surface area contributed by atoms with Crippen molar-refractivity contribution in [3.8, 4) is 6.07 Å². The van der Waals surface area contributed by atoms with Gasteiger partial charge < -0.3 is 9.80 Å². The van der Waals surface area contributed by atoms with Crippen LogP contribution in [0.3, 0.4) is 0 Å². The zero-order chi connectivity index (χ0) is 22.9. The van der Waals surface area contributed by atoms with Gasteiger partial charge in [0.1, 0.15) is 11.6 Å². The van der Waals surface area contributed by atoms with E-state index in [-0.39, 0.29) is 29.3 Å². The van der Waals surface area contributed by atoms with Gasteiger partial charge in [0.05, 0.1) is 17.0 Å². The van der Waals surface area contributed by atoms with Gasteiger partial charge >= 0.3 is 0 Å². The Labute approximate surface area is 192 Å². The van der Waals surface area contributed by atoms with Crippen molar-refractivity contribution in [1.29, 1.82) is 5.26 Å². The van der Waals surface area contributed by atoms with Gasteiger partial charge in [-0.25, -0.2) is 0 Å². The number of benzene rings is 2. The molecule has 0 saturated carbocycles. The highest BCUT2D eigenvalue weighted by Gasteiger charge is 2.46. The molecule has 0 radical (unpaired) electrons. The lowest BCUT2D eigenvalue weighted by Crippen LogP contribution is -2.48. The van der Waals surface area contributed by atoms with Gasteiger partial charge in [0.2, 0.25) is 0 Å². The van der Waals surface area contributed by atoms with Crippen LogP contribution in [0.25, 0.3) is 0 Å². The molecule has 3 aliphatic heterocycles. The first-order chi connectivity index (χ1) is 16.1. The lowest BCUT2D eigenvalue weighted by Gasteiger charge is -2.38. The van der Waals surface area contributed by atoms with Crippen LogP contribution in [0, 0.1) is 21.4 Å². The molecule has 5 rings (SSSR count). The highest BCUT2D eigenvalue weighted by Crippen LogP contribution is 2.47. The summed E-state index contributed by atoms with van der Waals surface area (Å²) in [6, 6.07) is 15.7. The van der Waals surface area contributed by atoms with Crippen LogP contribution in [0.2, 0.25) is 0 Å². The maximum atomic E-state index is 13.3. The first kappa shape index (κ1) is 21.2. The first-order valence-electron chi connectivity index (χ1n) is 11.4. The summed E-state index contributed by atoms with van der Waals surface area (Å²) < 4.78 is 0. The van der Waals surface area contributed by atoms with E-state index in [0.29, 0.717) is 5.69 Å². The molecule has 0 aromatic heterocycles. The van der Waals surface area contributed by atoms with Gasteiger partial charge in [0.15, 0.2) is 0 Å². The fourth-order valence-electron chi connectivity index (χ4n) is 5.32. The lowest BCUT2D eigenvalue weighted by atomic mass is 9.93. The minimum absolute atomic E-state index is 0.0360. The highest BCUT2D eigenvalue weighted by molar-refractivity contribution is 6.10. The largest absolute Gasteiger partial charge is 0.362 e. The predicted molar refractivity (Wildman–Crippen MR) is 125 cm³/mol. The van der Waals surface area contributed by atoms with E-state index in [4.69, 9.17) is 0 Å². The van der Waals surface area contributed by atoms with E-state index < -0.39 is 4.92 Å². The number of rotatable bonds is 6. The van der Waals surface area contributed by atoms with Crippen molar-refractivity contribution >= 4 is 23.0 Å². The summed E-state index contributed by atoms with van der Waals surface area (Å²) >= 11 is 0. The second-order valence-corrected chi connectivity index (χ2v) is 8.73. The van der Waals surface area contributed by atoms with Crippen LogP contribution in [0.5, 0.6) is 0 Å². The van der Waals surface area contributed by atoms with Gasteiger partial charge in [0, 0.05) is 35.6 Å². The van der Waals surface area contributed by atoms with Gasteiger partial charge in [-0.1, -0.05) is 18.2 Å². The Morgan fingerprint density at radius 2 is 1.79 bits per heavy atom. The van der Waals surface area contributed by atoms with Crippen LogP contribution in [-0.4, -0.2) is 48.0 Å². The van der Waals surface area contributed by atoms with Crippen molar-refractivity contribution in [2.24, 2.45) is 0 Å². The number of para-hydroxylation sites is 1. The average molecular weight is 444 g/mol. The SMILES string of the molecule is N#CC1=CC2C(c3ccccc3N2CCCN2CCCC2)N(c2ccc([N+](=O)[O-])cc2)C1=O. The van der Waals surface area contributed by atoms with E-state index in [9.17, 15) is 20.2 Å². The Morgan fingerprint density at radius 1 is 1.06 bits per heavy atom. The Hall–Kier alpha value is -3.70. The maximum Gasteiger partial charge on any atom is 0.269 e. The Bertz CT molecular complexity index is 1150. The molecule has 0 spiro atoms. The Balaban J connectivity index is 1.50. The molecule has 8 nitrogen and oxygen atoms in total. The molecule has 8 heteroatoms. The van der Waals surface area contributed by atoms with Crippen molar-refractivity contribution in [3.63, 3.8) is 0 Å². The molecule has 3 heterocycles. The van der Waals surface area contributed by atoms with E-state index in [0.717, 1.165) is 43.9 Å². The zero-order valence-corrected chi connectivity index (χ0v) is 18.3. The summed E-state index contributed by atoms with van der Waals surface area (Å²) in [4.78, 5) is 30.4. The molecule has 1 fully saturated rings. The number of amides is 1. The van der Waals surface area contributed by atoms with E-state index in [1.807, 2.05) is 18.2 Å². The molecular weight excluding hydrogens is 418 g/mol. The van der Waals surface area contributed by atoms with Crippen LogP contribution in [0.1, 0.15) is 30.9 Å². The van der Waals surface area contributed by atoms with Crippen LogP contribution >= 0.6 is 0 Å². The van der Waals surface area contributed by atoms with E-state index in [2.05, 4.69) is 21.9 Å². The van der Waals surface area contributed by atoms with Gasteiger partial charge in [-0.05, 0) is 63.2 Å². The average Bonchev–Trinajstić information content (AvgIpc) is 3.45. The number of fused-ring (bicyclic) bond motifs is 3. The van der Waals surface area contributed by atoms with Gasteiger partial charge in [-0.2, -0.15) is 5.26 Å². The molecule has 3 aliphatic rings. The van der Waals surface area contributed by atoms with Crippen molar-refractivity contribution in [2.45, 2.75) is 31.3 Å². The number of nitro groups is 1. The second kappa shape index (κ2) is 8.68. The van der Waals surface area contributed by atoms with Crippen LogP contribution in [0.4, 0.5) is 17.1 Å². The normalized spacial score (nSPS) is 22.0. The van der Waals surface area contributed by atoms with Crippen LogP contribution < -0.4 is 9.80 Å². The first-order valence-corrected chi connectivity index (χ1v) is 11.4. The van der Waals surface area contributed by atoms with Crippen molar-refractivity contribution in [3.05, 3.63) is 75.9 Å². The summed E-state index contributed by atoms with van der Waals surface area (Å²) in [5.41, 5.74) is 2.72. The summed E-state index contributed by atoms with van der Waals surface area (Å²) in [6.45, 7) is 4.18. The third kappa shape index (κ3) is 3.74.